The average Bonchev–Trinajstić information content (AvgIpc) is 2.54. The van der Waals surface area contributed by atoms with Gasteiger partial charge in [-0.3, -0.25) is 4.79 Å². The number of amides is 1. The second kappa shape index (κ2) is 7.58. The van der Waals surface area contributed by atoms with Crippen molar-refractivity contribution in [2.24, 2.45) is 0 Å². The molecule has 2 aromatic rings. The Kier molecular flexibility index (Phi) is 5.52. The van der Waals surface area contributed by atoms with Crippen molar-refractivity contribution in [2.45, 2.75) is 19.9 Å². The van der Waals surface area contributed by atoms with Gasteiger partial charge in [-0.1, -0.05) is 29.8 Å². The minimum Gasteiger partial charge on any atom is -0.496 e. The predicted molar refractivity (Wildman–Crippen MR) is 89.7 cm³/mol. The summed E-state index contributed by atoms with van der Waals surface area (Å²) in [5.41, 5.74) is 2.79. The molecule has 0 aliphatic heterocycles. The molecule has 4 heteroatoms. The summed E-state index contributed by atoms with van der Waals surface area (Å²) in [6.07, 6.45) is 3.08. The SMILES string of the molecule is COc1ccc(C)cc1C(C)NC(=O)/C=C/c1ccc(F)cc1. The number of rotatable bonds is 5. The molecule has 1 N–H and O–H groups in total. The van der Waals surface area contributed by atoms with Crippen molar-refractivity contribution in [3.63, 3.8) is 0 Å². The van der Waals surface area contributed by atoms with Gasteiger partial charge in [0, 0.05) is 11.6 Å². The molecule has 0 aliphatic carbocycles. The van der Waals surface area contributed by atoms with Crippen LogP contribution in [0.2, 0.25) is 0 Å². The highest BCUT2D eigenvalue weighted by Crippen LogP contribution is 2.26. The van der Waals surface area contributed by atoms with E-state index in [-0.39, 0.29) is 17.8 Å². The molecule has 1 amide bonds. The summed E-state index contributed by atoms with van der Waals surface area (Å²) in [6, 6.07) is 11.6. The summed E-state index contributed by atoms with van der Waals surface area (Å²) in [6.45, 7) is 3.90. The van der Waals surface area contributed by atoms with Gasteiger partial charge in [0.15, 0.2) is 0 Å². The largest absolute Gasteiger partial charge is 0.496 e. The van der Waals surface area contributed by atoms with Gasteiger partial charge in [0.2, 0.25) is 5.91 Å². The van der Waals surface area contributed by atoms with Gasteiger partial charge >= 0.3 is 0 Å². The van der Waals surface area contributed by atoms with Gasteiger partial charge in [0.05, 0.1) is 13.2 Å². The minimum atomic E-state index is -0.299. The molecule has 2 rings (SSSR count). The van der Waals surface area contributed by atoms with Crippen LogP contribution in [0.4, 0.5) is 4.39 Å². The number of carbonyl (C=O) groups is 1. The normalized spacial score (nSPS) is 12.2. The maximum Gasteiger partial charge on any atom is 0.244 e. The van der Waals surface area contributed by atoms with Crippen LogP contribution in [0.3, 0.4) is 0 Å². The van der Waals surface area contributed by atoms with E-state index in [0.717, 1.165) is 22.4 Å². The number of carbonyl (C=O) groups excluding carboxylic acids is 1. The number of nitrogens with one attached hydrogen (secondary N) is 1. The van der Waals surface area contributed by atoms with Crippen molar-refractivity contribution < 1.29 is 13.9 Å². The van der Waals surface area contributed by atoms with E-state index in [4.69, 9.17) is 4.74 Å². The third-order valence-corrected chi connectivity index (χ3v) is 3.51. The molecule has 0 fully saturated rings. The highest BCUT2D eigenvalue weighted by molar-refractivity contribution is 5.92. The lowest BCUT2D eigenvalue weighted by molar-refractivity contribution is -0.117. The highest BCUT2D eigenvalue weighted by atomic mass is 19.1. The van der Waals surface area contributed by atoms with E-state index < -0.39 is 0 Å². The van der Waals surface area contributed by atoms with Crippen molar-refractivity contribution >= 4 is 12.0 Å². The van der Waals surface area contributed by atoms with Crippen LogP contribution in [0.5, 0.6) is 5.75 Å². The van der Waals surface area contributed by atoms with Crippen molar-refractivity contribution in [3.8, 4) is 5.75 Å². The second-order valence-electron chi connectivity index (χ2n) is 5.36. The predicted octanol–water partition coefficient (Wildman–Crippen LogP) is 4.03. The number of methoxy groups -OCH3 is 1. The molecule has 0 saturated heterocycles. The molecular formula is C19H20FNO2. The Morgan fingerprint density at radius 1 is 1.22 bits per heavy atom. The Morgan fingerprint density at radius 3 is 2.57 bits per heavy atom. The van der Waals surface area contributed by atoms with E-state index in [1.54, 1.807) is 25.3 Å². The van der Waals surface area contributed by atoms with Crippen molar-refractivity contribution in [3.05, 3.63) is 71.0 Å². The van der Waals surface area contributed by atoms with E-state index in [1.165, 1.54) is 18.2 Å². The second-order valence-corrected chi connectivity index (χ2v) is 5.36. The van der Waals surface area contributed by atoms with E-state index >= 15 is 0 Å². The van der Waals surface area contributed by atoms with Gasteiger partial charge in [0.25, 0.3) is 0 Å². The van der Waals surface area contributed by atoms with Gasteiger partial charge in [-0.25, -0.2) is 4.39 Å². The third kappa shape index (κ3) is 4.68. The van der Waals surface area contributed by atoms with Gasteiger partial charge < -0.3 is 10.1 Å². The molecule has 1 atom stereocenters. The average molecular weight is 313 g/mol. The third-order valence-electron chi connectivity index (χ3n) is 3.51. The van der Waals surface area contributed by atoms with Crippen LogP contribution in [0.25, 0.3) is 6.08 Å². The summed E-state index contributed by atoms with van der Waals surface area (Å²) in [4.78, 5) is 12.0. The van der Waals surface area contributed by atoms with Crippen LogP contribution >= 0.6 is 0 Å². The zero-order chi connectivity index (χ0) is 16.8. The minimum absolute atomic E-state index is 0.185. The number of aryl methyl sites for hydroxylation is 1. The van der Waals surface area contributed by atoms with Crippen LogP contribution in [0.1, 0.15) is 29.7 Å². The Balaban J connectivity index is 2.05. The monoisotopic (exact) mass is 313 g/mol. The molecule has 1 unspecified atom stereocenters. The summed E-state index contributed by atoms with van der Waals surface area (Å²) >= 11 is 0. The topological polar surface area (TPSA) is 38.3 Å². The van der Waals surface area contributed by atoms with Crippen molar-refractivity contribution in [1.29, 1.82) is 0 Å². The zero-order valence-electron chi connectivity index (χ0n) is 13.5. The van der Waals surface area contributed by atoms with E-state index in [9.17, 15) is 9.18 Å². The summed E-state index contributed by atoms with van der Waals surface area (Å²) in [5, 5.41) is 2.90. The Bertz CT molecular complexity index is 708. The van der Waals surface area contributed by atoms with E-state index in [1.807, 2.05) is 32.0 Å². The Morgan fingerprint density at radius 2 is 1.91 bits per heavy atom. The molecule has 0 aromatic heterocycles. The highest BCUT2D eigenvalue weighted by Gasteiger charge is 2.13. The van der Waals surface area contributed by atoms with Crippen LogP contribution in [0, 0.1) is 12.7 Å². The first-order valence-corrected chi connectivity index (χ1v) is 7.38. The molecule has 0 heterocycles. The summed E-state index contributed by atoms with van der Waals surface area (Å²) in [7, 11) is 1.61. The van der Waals surface area contributed by atoms with Crippen LogP contribution in [-0.2, 0) is 4.79 Å². The quantitative estimate of drug-likeness (QED) is 0.846. The Labute approximate surface area is 135 Å². The molecule has 120 valence electrons. The van der Waals surface area contributed by atoms with Crippen LogP contribution in [-0.4, -0.2) is 13.0 Å². The molecule has 0 bridgehead atoms. The van der Waals surface area contributed by atoms with E-state index in [0.29, 0.717) is 0 Å². The number of hydrogen-bond donors (Lipinski definition) is 1. The fourth-order valence-corrected chi connectivity index (χ4v) is 2.28. The molecule has 0 spiro atoms. The lowest BCUT2D eigenvalue weighted by Crippen LogP contribution is -2.25. The smallest absolute Gasteiger partial charge is 0.244 e. The zero-order valence-corrected chi connectivity index (χ0v) is 13.5. The van der Waals surface area contributed by atoms with Crippen LogP contribution < -0.4 is 10.1 Å². The number of halogens is 1. The first-order valence-electron chi connectivity index (χ1n) is 7.38. The molecule has 0 aliphatic rings. The molecule has 0 radical (unpaired) electrons. The molecule has 23 heavy (non-hydrogen) atoms. The molecule has 3 nitrogen and oxygen atoms in total. The fraction of sp³-hybridized carbons (Fsp3) is 0.211. The summed E-state index contributed by atoms with van der Waals surface area (Å²) < 4.78 is 18.2. The number of hydrogen-bond acceptors (Lipinski definition) is 2. The van der Waals surface area contributed by atoms with Crippen molar-refractivity contribution in [1.82, 2.24) is 5.32 Å². The van der Waals surface area contributed by atoms with Crippen molar-refractivity contribution in [2.75, 3.05) is 7.11 Å². The molecule has 2 aromatic carbocycles. The summed E-state index contributed by atoms with van der Waals surface area (Å²) in [5.74, 6) is 0.225. The first-order chi connectivity index (χ1) is 11.0. The van der Waals surface area contributed by atoms with Gasteiger partial charge in [-0.2, -0.15) is 0 Å². The van der Waals surface area contributed by atoms with Gasteiger partial charge in [-0.05, 0) is 43.7 Å². The van der Waals surface area contributed by atoms with E-state index in [2.05, 4.69) is 5.32 Å². The molecular weight excluding hydrogens is 293 g/mol. The van der Waals surface area contributed by atoms with Crippen LogP contribution in [0.15, 0.2) is 48.5 Å². The first kappa shape index (κ1) is 16.7. The number of ether oxygens (including phenoxy) is 1. The maximum absolute atomic E-state index is 12.8. The maximum atomic E-state index is 12.8. The molecule has 0 saturated carbocycles. The Hall–Kier alpha value is -2.62. The standard InChI is InChI=1S/C19H20FNO2/c1-13-4-10-18(23-3)17(12-13)14(2)21-19(22)11-7-15-5-8-16(20)9-6-15/h4-12,14H,1-3H3,(H,21,22)/b11-7+. The van der Waals surface area contributed by atoms with Gasteiger partial charge in [-0.15, -0.1) is 0 Å². The van der Waals surface area contributed by atoms with Gasteiger partial charge in [0.1, 0.15) is 11.6 Å². The fourth-order valence-electron chi connectivity index (χ4n) is 2.28. The lowest BCUT2D eigenvalue weighted by Gasteiger charge is -2.17. The number of benzene rings is 2. The lowest BCUT2D eigenvalue weighted by atomic mass is 10.0.